The van der Waals surface area contributed by atoms with Crippen molar-refractivity contribution in [2.24, 2.45) is 0 Å². The molecule has 3 nitrogen and oxygen atoms in total. The van der Waals surface area contributed by atoms with Gasteiger partial charge >= 0.3 is 0 Å². The van der Waals surface area contributed by atoms with Crippen molar-refractivity contribution in [1.82, 2.24) is 0 Å². The third-order valence-corrected chi connectivity index (χ3v) is 13.5. The first-order chi connectivity index (χ1) is 8.21. The van der Waals surface area contributed by atoms with Gasteiger partial charge in [0.2, 0.25) is 0 Å². The summed E-state index contributed by atoms with van der Waals surface area (Å²) < 4.78 is 17.4. The van der Waals surface area contributed by atoms with Crippen molar-refractivity contribution in [3.63, 3.8) is 0 Å². The Morgan fingerprint density at radius 3 is 1.11 bits per heavy atom. The third kappa shape index (κ3) is 6.08. The molecule has 0 aromatic carbocycles. The summed E-state index contributed by atoms with van der Waals surface area (Å²) in [5.74, 6) is 0. The van der Waals surface area contributed by atoms with Crippen molar-refractivity contribution in [1.29, 1.82) is 0 Å². The molecule has 0 aromatic rings. The highest BCUT2D eigenvalue weighted by Crippen LogP contribution is 2.37. The second-order valence-electron chi connectivity index (χ2n) is 8.25. The van der Waals surface area contributed by atoms with E-state index in [1.807, 2.05) is 0 Å². The maximum absolute atomic E-state index is 5.95. The Bertz CT molecular complexity index is 247. The lowest BCUT2D eigenvalue weighted by atomic mass is 10.2. The van der Waals surface area contributed by atoms with Gasteiger partial charge in [-0.05, 0) is 36.3 Å². The predicted molar refractivity (Wildman–Crippen MR) is 87.4 cm³/mol. The van der Waals surface area contributed by atoms with Crippen LogP contribution in [0, 0.1) is 0 Å². The molecular formula is C14H34O3Si2. The smallest absolute Gasteiger partial charge is 0.195 e. The maximum Gasteiger partial charge on any atom is 0.195 e. The Hall–Kier alpha value is 0.314. The van der Waals surface area contributed by atoms with Crippen LogP contribution in [0.15, 0.2) is 0 Å². The molecule has 0 aromatic heterocycles. The van der Waals surface area contributed by atoms with Crippen LogP contribution in [-0.4, -0.2) is 30.2 Å². The molecular weight excluding hydrogens is 272 g/mol. The fourth-order valence-corrected chi connectivity index (χ4v) is 2.47. The molecule has 0 bridgehead atoms. The molecule has 0 rings (SSSR count). The van der Waals surface area contributed by atoms with Gasteiger partial charge < -0.3 is 13.6 Å². The third-order valence-electron chi connectivity index (χ3n) is 4.62. The maximum atomic E-state index is 5.95. The number of hydrogen-bond donors (Lipinski definition) is 0. The molecule has 0 unspecified atom stereocenters. The van der Waals surface area contributed by atoms with Crippen molar-refractivity contribution >= 4 is 16.6 Å². The molecule has 116 valence electrons. The van der Waals surface area contributed by atoms with Crippen molar-refractivity contribution in [3.05, 3.63) is 0 Å². The molecule has 0 amide bonds. The van der Waals surface area contributed by atoms with Gasteiger partial charge in [0.1, 0.15) is 13.6 Å². The van der Waals surface area contributed by atoms with Crippen LogP contribution < -0.4 is 0 Å². The molecule has 5 heteroatoms. The topological polar surface area (TPSA) is 27.7 Å². The molecule has 0 aliphatic carbocycles. The van der Waals surface area contributed by atoms with E-state index in [1.54, 1.807) is 0 Å². The zero-order valence-corrected chi connectivity index (χ0v) is 16.6. The van der Waals surface area contributed by atoms with Crippen molar-refractivity contribution < 1.29 is 13.6 Å². The van der Waals surface area contributed by atoms with Crippen LogP contribution in [0.3, 0.4) is 0 Å². The van der Waals surface area contributed by atoms with Crippen molar-refractivity contribution in [2.75, 3.05) is 13.6 Å². The van der Waals surface area contributed by atoms with E-state index in [9.17, 15) is 0 Å². The van der Waals surface area contributed by atoms with Gasteiger partial charge in [-0.25, -0.2) is 0 Å². The monoisotopic (exact) mass is 306 g/mol. The SMILES string of the molecule is CC(C)(C)[Si](C)(C)OCOCO[Si](C)(C)C(C)(C)C. The molecule has 0 atom stereocenters. The second kappa shape index (κ2) is 6.39. The summed E-state index contributed by atoms with van der Waals surface area (Å²) in [5.41, 5.74) is 0. The normalized spacial score (nSPS) is 14.8. The molecule has 0 heterocycles. The van der Waals surface area contributed by atoms with E-state index < -0.39 is 16.6 Å². The first kappa shape index (κ1) is 19.3. The molecule has 0 radical (unpaired) electrons. The Kier molecular flexibility index (Phi) is 6.49. The average molecular weight is 307 g/mol. The van der Waals surface area contributed by atoms with Gasteiger partial charge in [-0.1, -0.05) is 41.5 Å². The lowest BCUT2D eigenvalue weighted by Gasteiger charge is -2.37. The molecule has 19 heavy (non-hydrogen) atoms. The summed E-state index contributed by atoms with van der Waals surface area (Å²) in [6.07, 6.45) is 0. The first-order valence-electron chi connectivity index (χ1n) is 7.06. The lowest BCUT2D eigenvalue weighted by molar-refractivity contribution is -0.0642. The van der Waals surface area contributed by atoms with Gasteiger partial charge in [0, 0.05) is 0 Å². The van der Waals surface area contributed by atoms with Gasteiger partial charge in [-0.15, -0.1) is 0 Å². The Labute approximate surface area is 122 Å². The fraction of sp³-hybridized carbons (Fsp3) is 1.00. The van der Waals surface area contributed by atoms with E-state index >= 15 is 0 Å². The Balaban J connectivity index is 4.03. The Morgan fingerprint density at radius 2 is 0.895 bits per heavy atom. The Morgan fingerprint density at radius 1 is 0.632 bits per heavy atom. The van der Waals surface area contributed by atoms with Crippen LogP contribution in [0.5, 0.6) is 0 Å². The highest BCUT2D eigenvalue weighted by molar-refractivity contribution is 6.74. The predicted octanol–water partition coefficient (Wildman–Crippen LogP) is 4.96. The summed E-state index contributed by atoms with van der Waals surface area (Å²) in [5, 5.41) is 0.438. The van der Waals surface area contributed by atoms with E-state index in [2.05, 4.69) is 67.7 Å². The van der Waals surface area contributed by atoms with Gasteiger partial charge in [0.25, 0.3) is 0 Å². The summed E-state index contributed by atoms with van der Waals surface area (Å²) in [4.78, 5) is 0. The second-order valence-corrected chi connectivity index (χ2v) is 17.9. The van der Waals surface area contributed by atoms with E-state index in [-0.39, 0.29) is 10.1 Å². The van der Waals surface area contributed by atoms with Crippen LogP contribution in [0.1, 0.15) is 41.5 Å². The minimum atomic E-state index is -1.71. The van der Waals surface area contributed by atoms with Gasteiger partial charge in [0.05, 0.1) is 0 Å². The van der Waals surface area contributed by atoms with Gasteiger partial charge in [-0.2, -0.15) is 0 Å². The number of hydrogen-bond acceptors (Lipinski definition) is 3. The number of ether oxygens (including phenoxy) is 1. The quantitative estimate of drug-likeness (QED) is 0.394. The van der Waals surface area contributed by atoms with E-state index in [1.165, 1.54) is 0 Å². The first-order valence-corrected chi connectivity index (χ1v) is 12.9. The van der Waals surface area contributed by atoms with Gasteiger partial charge in [-0.3, -0.25) is 0 Å². The summed E-state index contributed by atoms with van der Waals surface area (Å²) in [6.45, 7) is 23.0. The average Bonchev–Trinajstić information content (AvgIpc) is 2.12. The molecule has 0 aliphatic heterocycles. The molecule has 0 aliphatic rings. The molecule has 0 N–H and O–H groups in total. The molecule has 0 saturated heterocycles. The van der Waals surface area contributed by atoms with Crippen LogP contribution in [0.25, 0.3) is 0 Å². The zero-order valence-electron chi connectivity index (χ0n) is 14.6. The van der Waals surface area contributed by atoms with Crippen molar-refractivity contribution in [3.8, 4) is 0 Å². The van der Waals surface area contributed by atoms with Crippen LogP contribution in [0.4, 0.5) is 0 Å². The van der Waals surface area contributed by atoms with E-state index in [0.717, 1.165) is 0 Å². The summed E-state index contributed by atoms with van der Waals surface area (Å²) in [7, 11) is -3.41. The standard InChI is InChI=1S/C14H34O3Si2/c1-13(2,3)18(7,8)16-11-15-12-17-19(9,10)14(4,5)6/h11-12H2,1-10H3. The lowest BCUT2D eigenvalue weighted by Crippen LogP contribution is -2.43. The summed E-state index contributed by atoms with van der Waals surface area (Å²) in [6, 6.07) is 0. The molecule has 0 saturated carbocycles. The minimum absolute atomic E-state index is 0.219. The molecule has 0 fully saturated rings. The van der Waals surface area contributed by atoms with E-state index in [0.29, 0.717) is 13.6 Å². The molecule has 0 spiro atoms. The number of rotatable bonds is 6. The largest absolute Gasteiger partial charge is 0.394 e. The summed E-state index contributed by atoms with van der Waals surface area (Å²) >= 11 is 0. The van der Waals surface area contributed by atoms with Gasteiger partial charge in [0.15, 0.2) is 16.6 Å². The van der Waals surface area contributed by atoms with E-state index in [4.69, 9.17) is 13.6 Å². The van der Waals surface area contributed by atoms with Crippen molar-refractivity contribution in [2.45, 2.75) is 77.8 Å². The highest BCUT2D eigenvalue weighted by Gasteiger charge is 2.38. The van der Waals surface area contributed by atoms with Crippen LogP contribution >= 0.6 is 0 Å². The van der Waals surface area contributed by atoms with Crippen LogP contribution in [-0.2, 0) is 13.6 Å². The fourth-order valence-electron chi connectivity index (χ4n) is 0.845. The highest BCUT2D eigenvalue weighted by atomic mass is 28.4. The zero-order chi connectivity index (χ0) is 15.5. The van der Waals surface area contributed by atoms with Crippen LogP contribution in [0.2, 0.25) is 36.3 Å². The minimum Gasteiger partial charge on any atom is -0.394 e.